The van der Waals surface area contributed by atoms with E-state index in [2.05, 4.69) is 75.6 Å². The lowest BCUT2D eigenvalue weighted by Crippen LogP contribution is -2.43. The molecule has 1 atom stereocenters. The average molecular weight is 640 g/mol. The number of carboxylic acids is 1. The zero-order valence-corrected chi connectivity index (χ0v) is 26.6. The summed E-state index contributed by atoms with van der Waals surface area (Å²) in [6, 6.07) is 22.1. The first-order valence-corrected chi connectivity index (χ1v) is 14.8. The van der Waals surface area contributed by atoms with E-state index < -0.39 is 12.1 Å². The van der Waals surface area contributed by atoms with Crippen LogP contribution in [0.2, 0.25) is 0 Å². The molecule has 0 bridgehead atoms. The van der Waals surface area contributed by atoms with Crippen LogP contribution in [0.15, 0.2) is 72.9 Å². The number of nitrogens with one attached hydrogen (secondary N) is 1. The largest absolute Gasteiger partial charge is 0.490 e. The number of carbonyl (C=O) groups excluding carboxylic acids is 1. The minimum atomic E-state index is -5.08. The summed E-state index contributed by atoms with van der Waals surface area (Å²) in [5.41, 5.74) is 6.01. The summed E-state index contributed by atoms with van der Waals surface area (Å²) in [4.78, 5) is 32.9. The Balaban J connectivity index is 0.000000738. The molecule has 1 unspecified atom stereocenters. The van der Waals surface area contributed by atoms with Gasteiger partial charge in [0, 0.05) is 37.4 Å². The van der Waals surface area contributed by atoms with Crippen LogP contribution in [0, 0.1) is 6.92 Å². The fraction of sp³-hybridized carbons (Fsp3) is 0.364. The van der Waals surface area contributed by atoms with E-state index in [0.29, 0.717) is 17.9 Å². The highest BCUT2D eigenvalue weighted by atomic mass is 19.4. The van der Waals surface area contributed by atoms with E-state index in [1.165, 1.54) is 10.4 Å². The molecule has 13 heteroatoms. The molecule has 4 aromatic rings. The molecule has 246 valence electrons. The first-order valence-electron chi connectivity index (χ1n) is 14.8. The Hall–Kier alpha value is -4.62. The number of hydrogen-bond donors (Lipinski definition) is 2. The highest BCUT2D eigenvalue weighted by molar-refractivity contribution is 5.93. The van der Waals surface area contributed by atoms with Crippen molar-refractivity contribution >= 4 is 11.9 Å². The number of halogens is 3. The van der Waals surface area contributed by atoms with Crippen LogP contribution in [0.5, 0.6) is 0 Å². The lowest BCUT2D eigenvalue weighted by Gasteiger charge is -2.31. The Labute approximate surface area is 266 Å². The third-order valence-corrected chi connectivity index (χ3v) is 6.82. The molecule has 0 saturated heterocycles. The van der Waals surface area contributed by atoms with Gasteiger partial charge >= 0.3 is 12.1 Å². The first kappa shape index (κ1) is 35.9. The Morgan fingerprint density at radius 1 is 0.978 bits per heavy atom. The van der Waals surface area contributed by atoms with Gasteiger partial charge in [-0.1, -0.05) is 55.5 Å². The maximum atomic E-state index is 13.8. The fourth-order valence-electron chi connectivity index (χ4n) is 4.53. The quantitative estimate of drug-likeness (QED) is 0.199. The second kappa shape index (κ2) is 16.6. The van der Waals surface area contributed by atoms with Crippen molar-refractivity contribution in [2.45, 2.75) is 52.5 Å². The Morgan fingerprint density at radius 3 is 2.15 bits per heavy atom. The van der Waals surface area contributed by atoms with E-state index in [1.807, 2.05) is 62.4 Å². The van der Waals surface area contributed by atoms with E-state index in [0.717, 1.165) is 48.6 Å². The van der Waals surface area contributed by atoms with Crippen LogP contribution in [0.4, 0.5) is 13.2 Å². The van der Waals surface area contributed by atoms with Crippen molar-refractivity contribution in [2.75, 3.05) is 27.2 Å². The normalized spacial score (nSPS) is 11.9. The van der Waals surface area contributed by atoms with Crippen LogP contribution in [0.3, 0.4) is 0 Å². The van der Waals surface area contributed by atoms with Crippen molar-refractivity contribution in [3.05, 3.63) is 95.4 Å². The van der Waals surface area contributed by atoms with Crippen molar-refractivity contribution < 1.29 is 27.9 Å². The molecule has 0 aliphatic carbocycles. The molecular weight excluding hydrogens is 599 g/mol. The second-order valence-electron chi connectivity index (χ2n) is 11.0. The van der Waals surface area contributed by atoms with Gasteiger partial charge in [-0.2, -0.15) is 23.1 Å². The van der Waals surface area contributed by atoms with Crippen molar-refractivity contribution in [2.24, 2.45) is 0 Å². The monoisotopic (exact) mass is 639 g/mol. The molecule has 10 nitrogen and oxygen atoms in total. The van der Waals surface area contributed by atoms with Crippen LogP contribution in [0.25, 0.3) is 16.9 Å². The van der Waals surface area contributed by atoms with E-state index in [9.17, 15) is 18.0 Å². The molecule has 2 aromatic heterocycles. The topological polar surface area (TPSA) is 116 Å². The number of carbonyl (C=O) groups is 2. The summed E-state index contributed by atoms with van der Waals surface area (Å²) in [6.07, 6.45) is -2.04. The smallest absolute Gasteiger partial charge is 0.475 e. The van der Waals surface area contributed by atoms with E-state index in [1.54, 1.807) is 0 Å². The zero-order valence-electron chi connectivity index (χ0n) is 26.6. The molecule has 0 spiro atoms. The van der Waals surface area contributed by atoms with Crippen LogP contribution in [0.1, 0.15) is 47.6 Å². The molecule has 0 aliphatic rings. The summed E-state index contributed by atoms with van der Waals surface area (Å²) in [5, 5.41) is 19.6. The molecule has 0 aliphatic heterocycles. The molecule has 2 N–H and O–H groups in total. The summed E-state index contributed by atoms with van der Waals surface area (Å²) < 4.78 is 31.7. The Morgan fingerprint density at radius 2 is 1.61 bits per heavy atom. The fourth-order valence-corrected chi connectivity index (χ4v) is 4.53. The number of aliphatic carboxylic acids is 1. The molecule has 2 heterocycles. The summed E-state index contributed by atoms with van der Waals surface area (Å²) in [5.74, 6) is -2.88. The molecule has 46 heavy (non-hydrogen) atoms. The lowest BCUT2D eigenvalue weighted by atomic mass is 10.1. The molecule has 4 rings (SSSR count). The van der Waals surface area contributed by atoms with Gasteiger partial charge < -0.3 is 20.2 Å². The van der Waals surface area contributed by atoms with Crippen molar-refractivity contribution in [3.63, 3.8) is 0 Å². The van der Waals surface area contributed by atoms with Gasteiger partial charge in [-0.15, -0.1) is 5.10 Å². The van der Waals surface area contributed by atoms with Crippen molar-refractivity contribution in [1.82, 2.24) is 35.1 Å². The number of aromatic nitrogens is 4. The van der Waals surface area contributed by atoms with Gasteiger partial charge in [0.05, 0.1) is 17.1 Å². The minimum absolute atomic E-state index is 0.0241. The van der Waals surface area contributed by atoms with Gasteiger partial charge in [-0.05, 0) is 70.2 Å². The predicted octanol–water partition coefficient (Wildman–Crippen LogP) is 5.36. The third kappa shape index (κ3) is 10.5. The molecule has 2 aromatic carbocycles. The molecular formula is C33H40F3N7O3. The van der Waals surface area contributed by atoms with Gasteiger partial charge in [-0.3, -0.25) is 9.78 Å². The number of rotatable bonds is 12. The van der Waals surface area contributed by atoms with Crippen LogP contribution < -0.4 is 5.32 Å². The highest BCUT2D eigenvalue weighted by Gasteiger charge is 2.38. The number of benzene rings is 2. The van der Waals surface area contributed by atoms with Gasteiger partial charge in [0.2, 0.25) is 0 Å². The van der Waals surface area contributed by atoms with Gasteiger partial charge in [0.25, 0.3) is 5.91 Å². The number of hydrogen-bond acceptors (Lipinski definition) is 7. The number of nitrogens with zero attached hydrogens (tertiary/aromatic N) is 6. The zero-order chi connectivity index (χ0) is 33.9. The maximum absolute atomic E-state index is 13.8. The Kier molecular flexibility index (Phi) is 13.0. The van der Waals surface area contributed by atoms with Crippen molar-refractivity contribution in [1.29, 1.82) is 0 Å². The number of para-hydroxylation sites is 1. The van der Waals surface area contributed by atoms with Crippen LogP contribution >= 0.6 is 0 Å². The van der Waals surface area contributed by atoms with Gasteiger partial charge in [0.1, 0.15) is 0 Å². The second-order valence-corrected chi connectivity index (χ2v) is 11.0. The van der Waals surface area contributed by atoms with Crippen molar-refractivity contribution in [3.8, 4) is 16.9 Å². The first-order chi connectivity index (χ1) is 21.8. The number of likely N-dealkylation sites (N-methyl/N-ethyl adjacent to an activating group) is 1. The summed E-state index contributed by atoms with van der Waals surface area (Å²) in [7, 11) is 4.03. The molecule has 0 saturated carbocycles. The molecule has 1 amide bonds. The average Bonchev–Trinajstić information content (AvgIpc) is 3.42. The third-order valence-electron chi connectivity index (χ3n) is 6.82. The number of amides is 1. The van der Waals surface area contributed by atoms with Crippen LogP contribution in [-0.2, 0) is 17.9 Å². The van der Waals surface area contributed by atoms with Gasteiger partial charge in [0.15, 0.2) is 5.69 Å². The standard InChI is InChI=1S/C31H39N7O.C2HF3O2/c1-6-18-32-19-26-14-17-29(33-20-26)27-15-12-25(13-16-27)22-37(23(2)21-36(4)5)31(39)30-24(3)34-38(35-30)28-10-8-7-9-11-28;3-2(4,5)1(6)7/h7-17,20,23,32H,6,18-19,21-22H2,1-5H3;(H,6,7). The van der Waals surface area contributed by atoms with Gasteiger partial charge in [-0.25, -0.2) is 4.79 Å². The summed E-state index contributed by atoms with van der Waals surface area (Å²) >= 11 is 0. The lowest BCUT2D eigenvalue weighted by molar-refractivity contribution is -0.192. The number of carboxylic acid groups (broad SMARTS) is 1. The summed E-state index contributed by atoms with van der Waals surface area (Å²) in [6.45, 7) is 9.11. The minimum Gasteiger partial charge on any atom is -0.475 e. The van der Waals surface area contributed by atoms with Crippen LogP contribution in [-0.4, -0.2) is 86.2 Å². The predicted molar refractivity (Wildman–Crippen MR) is 169 cm³/mol. The number of alkyl halides is 3. The highest BCUT2D eigenvalue weighted by Crippen LogP contribution is 2.21. The number of pyridine rings is 1. The maximum Gasteiger partial charge on any atom is 0.490 e. The van der Waals surface area contributed by atoms with E-state index >= 15 is 0 Å². The molecule has 0 radical (unpaired) electrons. The SMILES string of the molecule is CCCNCc1ccc(-c2ccc(CN(C(=O)c3nn(-c4ccccc4)nc3C)C(C)CN(C)C)cc2)nc1.O=C(O)C(F)(F)F. The number of aryl methyl sites for hydroxylation is 1. The Bertz CT molecular complexity index is 1540. The molecule has 0 fully saturated rings. The van der Waals surface area contributed by atoms with E-state index in [4.69, 9.17) is 9.90 Å². The van der Waals surface area contributed by atoms with E-state index in [-0.39, 0.29) is 11.9 Å².